The van der Waals surface area contributed by atoms with Crippen LogP contribution in [0.1, 0.15) is 26.2 Å². The fourth-order valence-corrected chi connectivity index (χ4v) is 2.35. The third-order valence-electron chi connectivity index (χ3n) is 3.63. The quantitative estimate of drug-likeness (QED) is 0.773. The van der Waals surface area contributed by atoms with Crippen LogP contribution in [0.15, 0.2) is 0 Å². The van der Waals surface area contributed by atoms with E-state index in [9.17, 15) is 4.79 Å². The molecule has 0 aromatic heterocycles. The Kier molecular flexibility index (Phi) is 4.39. The fraction of sp³-hybridized carbons (Fsp3) is 0.909. The van der Waals surface area contributed by atoms with Crippen LogP contribution in [0, 0.1) is 11.8 Å². The van der Waals surface area contributed by atoms with Crippen molar-refractivity contribution in [2.45, 2.75) is 32.2 Å². The molecule has 0 aromatic carbocycles. The number of rotatable bonds is 3. The molecule has 1 amide bonds. The molecule has 3 unspecified atom stereocenters. The number of nitrogens with zero attached hydrogens (tertiary/aromatic N) is 1. The summed E-state index contributed by atoms with van der Waals surface area (Å²) in [6.45, 7) is 2.92. The second-order valence-corrected chi connectivity index (χ2v) is 4.52. The van der Waals surface area contributed by atoms with Crippen LogP contribution in [0.4, 0.5) is 4.79 Å². The van der Waals surface area contributed by atoms with Crippen LogP contribution < -0.4 is 5.73 Å². The van der Waals surface area contributed by atoms with E-state index in [0.717, 1.165) is 19.4 Å². The van der Waals surface area contributed by atoms with Crippen molar-refractivity contribution in [1.29, 1.82) is 0 Å². The highest BCUT2D eigenvalue weighted by atomic mass is 16.5. The molecule has 15 heavy (non-hydrogen) atoms. The minimum absolute atomic E-state index is 0.235. The van der Waals surface area contributed by atoms with Gasteiger partial charge in [-0.3, -0.25) is 0 Å². The minimum atomic E-state index is -0.235. The average molecular weight is 214 g/mol. The van der Waals surface area contributed by atoms with Gasteiger partial charge in [-0.1, -0.05) is 6.92 Å². The molecule has 0 heterocycles. The van der Waals surface area contributed by atoms with Crippen molar-refractivity contribution in [2.24, 2.45) is 17.6 Å². The van der Waals surface area contributed by atoms with Crippen LogP contribution >= 0.6 is 0 Å². The Morgan fingerprint density at radius 2 is 2.27 bits per heavy atom. The number of methoxy groups -OCH3 is 1. The van der Waals surface area contributed by atoms with Crippen molar-refractivity contribution in [1.82, 2.24) is 4.90 Å². The van der Waals surface area contributed by atoms with E-state index in [0.29, 0.717) is 17.9 Å². The number of amides is 1. The van der Waals surface area contributed by atoms with E-state index in [-0.39, 0.29) is 6.09 Å². The maximum absolute atomic E-state index is 11.3. The average Bonchev–Trinajstić information content (AvgIpc) is 2.75. The lowest BCUT2D eigenvalue weighted by atomic mass is 9.92. The van der Waals surface area contributed by atoms with Gasteiger partial charge in [0.2, 0.25) is 0 Å². The molecule has 0 aromatic rings. The standard InChI is InChI=1S/C11H22N2O2/c1-8(7-12)9-4-5-10(6-9)13(2)11(14)15-3/h8-10H,4-7,12H2,1-3H3. The van der Waals surface area contributed by atoms with E-state index in [1.54, 1.807) is 4.90 Å². The number of carbonyl (C=O) groups excluding carboxylic acids is 1. The highest BCUT2D eigenvalue weighted by Crippen LogP contribution is 2.33. The van der Waals surface area contributed by atoms with Gasteiger partial charge in [-0.15, -0.1) is 0 Å². The SMILES string of the molecule is COC(=O)N(C)C1CCC(C(C)CN)C1. The first-order chi connectivity index (χ1) is 7.10. The summed E-state index contributed by atoms with van der Waals surface area (Å²) in [5.41, 5.74) is 5.65. The lowest BCUT2D eigenvalue weighted by Gasteiger charge is -2.24. The van der Waals surface area contributed by atoms with Gasteiger partial charge >= 0.3 is 6.09 Å². The second-order valence-electron chi connectivity index (χ2n) is 4.52. The maximum Gasteiger partial charge on any atom is 0.409 e. The monoisotopic (exact) mass is 214 g/mol. The normalized spacial score (nSPS) is 27.5. The number of hydrogen-bond acceptors (Lipinski definition) is 3. The zero-order chi connectivity index (χ0) is 11.4. The molecule has 2 N–H and O–H groups in total. The molecule has 0 saturated heterocycles. The van der Waals surface area contributed by atoms with Gasteiger partial charge in [-0.25, -0.2) is 4.79 Å². The number of carbonyl (C=O) groups is 1. The molecule has 0 bridgehead atoms. The van der Waals surface area contributed by atoms with Crippen molar-refractivity contribution in [2.75, 3.05) is 20.7 Å². The molecular formula is C11H22N2O2. The Bertz CT molecular complexity index is 221. The third-order valence-corrected chi connectivity index (χ3v) is 3.63. The summed E-state index contributed by atoms with van der Waals surface area (Å²) in [7, 11) is 3.24. The first kappa shape index (κ1) is 12.3. The Morgan fingerprint density at radius 3 is 2.80 bits per heavy atom. The summed E-state index contributed by atoms with van der Waals surface area (Å²) in [4.78, 5) is 13.0. The number of ether oxygens (including phenoxy) is 1. The molecule has 88 valence electrons. The van der Waals surface area contributed by atoms with Gasteiger partial charge in [0, 0.05) is 13.1 Å². The van der Waals surface area contributed by atoms with E-state index in [4.69, 9.17) is 10.5 Å². The summed E-state index contributed by atoms with van der Waals surface area (Å²) in [6, 6.07) is 0.330. The molecule has 0 aliphatic heterocycles. The van der Waals surface area contributed by atoms with Gasteiger partial charge in [0.05, 0.1) is 7.11 Å². The predicted molar refractivity (Wildman–Crippen MR) is 59.5 cm³/mol. The minimum Gasteiger partial charge on any atom is -0.453 e. The van der Waals surface area contributed by atoms with Crippen molar-refractivity contribution in [3.63, 3.8) is 0 Å². The highest BCUT2D eigenvalue weighted by molar-refractivity contribution is 5.67. The van der Waals surface area contributed by atoms with Crippen molar-refractivity contribution < 1.29 is 9.53 Å². The Labute approximate surface area is 91.8 Å². The third kappa shape index (κ3) is 2.84. The molecule has 0 radical (unpaired) electrons. The van der Waals surface area contributed by atoms with Gasteiger partial charge in [0.1, 0.15) is 0 Å². The maximum atomic E-state index is 11.3. The van der Waals surface area contributed by atoms with Crippen LogP contribution in [0.2, 0.25) is 0 Å². The van der Waals surface area contributed by atoms with Crippen molar-refractivity contribution in [3.05, 3.63) is 0 Å². The number of hydrogen-bond donors (Lipinski definition) is 1. The lowest BCUT2D eigenvalue weighted by molar-refractivity contribution is 0.117. The summed E-state index contributed by atoms with van der Waals surface area (Å²) >= 11 is 0. The Morgan fingerprint density at radius 1 is 1.60 bits per heavy atom. The summed E-state index contributed by atoms with van der Waals surface area (Å²) < 4.78 is 4.71. The van der Waals surface area contributed by atoms with E-state index < -0.39 is 0 Å². The number of nitrogens with two attached hydrogens (primary N) is 1. The predicted octanol–water partition coefficient (Wildman–Crippen LogP) is 1.45. The molecular weight excluding hydrogens is 192 g/mol. The molecule has 3 atom stereocenters. The molecule has 1 rings (SSSR count). The van der Waals surface area contributed by atoms with Gasteiger partial charge in [0.15, 0.2) is 0 Å². The molecule has 1 aliphatic carbocycles. The molecule has 1 aliphatic rings. The summed E-state index contributed by atoms with van der Waals surface area (Å²) in [5, 5.41) is 0. The van der Waals surface area contributed by atoms with Crippen molar-refractivity contribution in [3.8, 4) is 0 Å². The molecule has 1 saturated carbocycles. The van der Waals surface area contributed by atoms with Crippen molar-refractivity contribution >= 4 is 6.09 Å². The van der Waals surface area contributed by atoms with Gasteiger partial charge in [-0.2, -0.15) is 0 Å². The molecule has 0 spiro atoms. The summed E-state index contributed by atoms with van der Waals surface area (Å²) in [6.07, 6.45) is 3.07. The van der Waals surface area contributed by atoms with Gasteiger partial charge in [-0.05, 0) is 37.6 Å². The largest absolute Gasteiger partial charge is 0.453 e. The van der Waals surface area contributed by atoms with E-state index >= 15 is 0 Å². The van der Waals surface area contributed by atoms with Gasteiger partial charge in [0.25, 0.3) is 0 Å². The van der Waals surface area contributed by atoms with Crippen LogP contribution in [-0.4, -0.2) is 37.7 Å². The fourth-order valence-electron chi connectivity index (χ4n) is 2.35. The second kappa shape index (κ2) is 5.35. The van der Waals surface area contributed by atoms with E-state index in [1.807, 2.05) is 7.05 Å². The summed E-state index contributed by atoms with van der Waals surface area (Å²) in [5.74, 6) is 1.22. The molecule has 4 heteroatoms. The Balaban J connectivity index is 2.45. The topological polar surface area (TPSA) is 55.6 Å². The van der Waals surface area contributed by atoms with E-state index in [2.05, 4.69) is 6.92 Å². The lowest BCUT2D eigenvalue weighted by Crippen LogP contribution is -2.35. The van der Waals surface area contributed by atoms with Crippen LogP contribution in [0.25, 0.3) is 0 Å². The zero-order valence-electron chi connectivity index (χ0n) is 9.90. The first-order valence-electron chi connectivity index (χ1n) is 5.61. The van der Waals surface area contributed by atoms with Crippen LogP contribution in [0.5, 0.6) is 0 Å². The Hall–Kier alpha value is -0.770. The van der Waals surface area contributed by atoms with E-state index in [1.165, 1.54) is 13.5 Å². The van der Waals surface area contributed by atoms with Crippen LogP contribution in [0.3, 0.4) is 0 Å². The zero-order valence-corrected chi connectivity index (χ0v) is 9.90. The molecule has 1 fully saturated rings. The molecule has 4 nitrogen and oxygen atoms in total. The highest BCUT2D eigenvalue weighted by Gasteiger charge is 2.32. The van der Waals surface area contributed by atoms with Gasteiger partial charge < -0.3 is 15.4 Å². The first-order valence-corrected chi connectivity index (χ1v) is 5.61. The van der Waals surface area contributed by atoms with Crippen LogP contribution in [-0.2, 0) is 4.74 Å². The smallest absolute Gasteiger partial charge is 0.409 e.